The Kier molecular flexibility index (Phi) is 2.30. The van der Waals surface area contributed by atoms with Crippen LogP contribution < -0.4 is 5.73 Å². The molecule has 5 nitrogen and oxygen atoms in total. The number of hydrogen-bond acceptors (Lipinski definition) is 3. The molecule has 2 N–H and O–H groups in total. The van der Waals surface area contributed by atoms with E-state index in [2.05, 4.69) is 10.1 Å². The Hall–Kier alpha value is -2.69. The van der Waals surface area contributed by atoms with Crippen LogP contribution >= 0.6 is 0 Å². The second-order valence-corrected chi connectivity index (χ2v) is 3.86. The number of benzene rings is 1. The number of primary amides is 1. The highest BCUT2D eigenvalue weighted by molar-refractivity contribution is 5.92. The second-order valence-electron chi connectivity index (χ2n) is 3.86. The number of fused-ring (bicyclic) bond motifs is 1. The van der Waals surface area contributed by atoms with E-state index in [1.807, 2.05) is 30.3 Å². The fourth-order valence-corrected chi connectivity index (χ4v) is 1.85. The summed E-state index contributed by atoms with van der Waals surface area (Å²) < 4.78 is 1.68. The summed E-state index contributed by atoms with van der Waals surface area (Å²) in [5.41, 5.74) is 7.88. The van der Waals surface area contributed by atoms with E-state index in [1.54, 1.807) is 22.8 Å². The summed E-state index contributed by atoms with van der Waals surface area (Å²) >= 11 is 0. The predicted molar refractivity (Wildman–Crippen MR) is 66.9 cm³/mol. The maximum absolute atomic E-state index is 11.3. The molecule has 0 aliphatic heterocycles. The first-order valence-corrected chi connectivity index (χ1v) is 5.46. The largest absolute Gasteiger partial charge is 0.364 e. The maximum atomic E-state index is 11.3. The van der Waals surface area contributed by atoms with Gasteiger partial charge < -0.3 is 5.73 Å². The van der Waals surface area contributed by atoms with Gasteiger partial charge in [0.25, 0.3) is 5.91 Å². The van der Waals surface area contributed by atoms with Crippen molar-refractivity contribution in [1.82, 2.24) is 14.6 Å². The highest BCUT2D eigenvalue weighted by atomic mass is 16.1. The Morgan fingerprint density at radius 1 is 1.17 bits per heavy atom. The van der Waals surface area contributed by atoms with Crippen LogP contribution in [0.1, 0.15) is 10.5 Å². The molecule has 2 aromatic heterocycles. The third-order valence-corrected chi connectivity index (χ3v) is 2.68. The van der Waals surface area contributed by atoms with Crippen LogP contribution in [0.3, 0.4) is 0 Å². The zero-order chi connectivity index (χ0) is 12.5. The fraction of sp³-hybridized carbons (Fsp3) is 0. The Bertz CT molecular complexity index is 718. The molecule has 3 rings (SSSR count). The van der Waals surface area contributed by atoms with Gasteiger partial charge in [-0.3, -0.25) is 4.79 Å². The maximum Gasteiger partial charge on any atom is 0.267 e. The predicted octanol–water partition coefficient (Wildman–Crippen LogP) is 1.50. The monoisotopic (exact) mass is 238 g/mol. The van der Waals surface area contributed by atoms with E-state index in [-0.39, 0.29) is 5.69 Å². The molecule has 88 valence electrons. The topological polar surface area (TPSA) is 73.3 Å². The van der Waals surface area contributed by atoms with Crippen LogP contribution in [0.4, 0.5) is 0 Å². The number of carbonyl (C=O) groups excluding carboxylic acids is 1. The van der Waals surface area contributed by atoms with E-state index in [9.17, 15) is 4.79 Å². The lowest BCUT2D eigenvalue weighted by molar-refractivity contribution is 0.0995. The van der Waals surface area contributed by atoms with Crippen molar-refractivity contribution in [2.75, 3.05) is 0 Å². The molecule has 0 aliphatic carbocycles. The van der Waals surface area contributed by atoms with Crippen LogP contribution in [-0.4, -0.2) is 20.5 Å². The van der Waals surface area contributed by atoms with Crippen LogP contribution in [0.5, 0.6) is 0 Å². The summed E-state index contributed by atoms with van der Waals surface area (Å²) in [6, 6.07) is 13.1. The lowest BCUT2D eigenvalue weighted by Gasteiger charge is -2.06. The highest BCUT2D eigenvalue weighted by Gasteiger charge is 2.11. The Morgan fingerprint density at radius 2 is 1.94 bits per heavy atom. The smallest absolute Gasteiger partial charge is 0.267 e. The standard InChI is InChI=1S/C13H10N4O/c14-13(18)10-8-11(9-4-2-1-3-5-9)17-12(16-10)6-7-15-17/h1-8H,(H2,14,18). The number of carbonyl (C=O) groups is 1. The summed E-state index contributed by atoms with van der Waals surface area (Å²) in [6.45, 7) is 0. The molecule has 0 radical (unpaired) electrons. The molecule has 1 aromatic carbocycles. The molecule has 2 heterocycles. The second kappa shape index (κ2) is 3.96. The molecule has 5 heteroatoms. The summed E-state index contributed by atoms with van der Waals surface area (Å²) in [5, 5.41) is 4.20. The summed E-state index contributed by atoms with van der Waals surface area (Å²) in [6.07, 6.45) is 1.64. The van der Waals surface area contributed by atoms with E-state index in [4.69, 9.17) is 5.73 Å². The zero-order valence-corrected chi connectivity index (χ0v) is 9.45. The average Bonchev–Trinajstić information content (AvgIpc) is 2.86. The minimum absolute atomic E-state index is 0.238. The van der Waals surface area contributed by atoms with E-state index in [0.29, 0.717) is 5.65 Å². The molecule has 3 aromatic rings. The van der Waals surface area contributed by atoms with Gasteiger partial charge in [-0.15, -0.1) is 0 Å². The Morgan fingerprint density at radius 3 is 2.67 bits per heavy atom. The van der Waals surface area contributed by atoms with Crippen molar-refractivity contribution in [3.05, 3.63) is 54.4 Å². The molecule has 0 saturated carbocycles. The van der Waals surface area contributed by atoms with Crippen LogP contribution in [0.25, 0.3) is 16.9 Å². The lowest BCUT2D eigenvalue weighted by Crippen LogP contribution is -2.14. The van der Waals surface area contributed by atoms with Crippen molar-refractivity contribution in [2.45, 2.75) is 0 Å². The zero-order valence-electron chi connectivity index (χ0n) is 9.45. The molecule has 0 saturated heterocycles. The summed E-state index contributed by atoms with van der Waals surface area (Å²) in [4.78, 5) is 15.4. The summed E-state index contributed by atoms with van der Waals surface area (Å²) in [7, 11) is 0. The van der Waals surface area contributed by atoms with Gasteiger partial charge in [-0.1, -0.05) is 30.3 Å². The van der Waals surface area contributed by atoms with Crippen molar-refractivity contribution in [1.29, 1.82) is 0 Å². The van der Waals surface area contributed by atoms with Gasteiger partial charge in [0, 0.05) is 11.6 Å². The molecule has 18 heavy (non-hydrogen) atoms. The molecular formula is C13H10N4O. The van der Waals surface area contributed by atoms with Gasteiger partial charge in [0.2, 0.25) is 0 Å². The molecule has 0 atom stereocenters. The molecule has 0 aliphatic rings. The number of hydrogen-bond donors (Lipinski definition) is 1. The van der Waals surface area contributed by atoms with E-state index < -0.39 is 5.91 Å². The molecule has 0 unspecified atom stereocenters. The average molecular weight is 238 g/mol. The first kappa shape index (κ1) is 10.5. The van der Waals surface area contributed by atoms with Crippen LogP contribution in [0.15, 0.2) is 48.7 Å². The molecule has 0 spiro atoms. The molecule has 0 bridgehead atoms. The number of nitrogens with zero attached hydrogens (tertiary/aromatic N) is 3. The van der Waals surface area contributed by atoms with Gasteiger partial charge in [0.05, 0.1) is 11.9 Å². The lowest BCUT2D eigenvalue weighted by atomic mass is 10.1. The van der Waals surface area contributed by atoms with Gasteiger partial charge in [-0.25, -0.2) is 9.50 Å². The Labute approximate surface area is 103 Å². The van der Waals surface area contributed by atoms with Crippen molar-refractivity contribution in [3.8, 4) is 11.3 Å². The van der Waals surface area contributed by atoms with Gasteiger partial charge >= 0.3 is 0 Å². The number of nitrogens with two attached hydrogens (primary N) is 1. The van der Waals surface area contributed by atoms with Crippen molar-refractivity contribution < 1.29 is 4.79 Å². The number of aromatic nitrogens is 3. The van der Waals surface area contributed by atoms with Crippen molar-refractivity contribution in [3.63, 3.8) is 0 Å². The third kappa shape index (κ3) is 1.62. The summed E-state index contributed by atoms with van der Waals surface area (Å²) in [5.74, 6) is -0.545. The van der Waals surface area contributed by atoms with Gasteiger partial charge in [0.1, 0.15) is 5.69 Å². The van der Waals surface area contributed by atoms with Gasteiger partial charge in [-0.05, 0) is 6.07 Å². The van der Waals surface area contributed by atoms with E-state index in [1.165, 1.54) is 0 Å². The van der Waals surface area contributed by atoms with Crippen LogP contribution in [0.2, 0.25) is 0 Å². The van der Waals surface area contributed by atoms with Gasteiger partial charge in [-0.2, -0.15) is 5.10 Å². The quantitative estimate of drug-likeness (QED) is 0.735. The normalized spacial score (nSPS) is 10.7. The highest BCUT2D eigenvalue weighted by Crippen LogP contribution is 2.20. The van der Waals surface area contributed by atoms with Gasteiger partial charge in [0.15, 0.2) is 5.65 Å². The first-order chi connectivity index (χ1) is 8.75. The number of amides is 1. The van der Waals surface area contributed by atoms with Crippen LogP contribution in [-0.2, 0) is 0 Å². The van der Waals surface area contributed by atoms with Crippen molar-refractivity contribution >= 4 is 11.6 Å². The minimum atomic E-state index is -0.545. The first-order valence-electron chi connectivity index (χ1n) is 5.46. The molecular weight excluding hydrogens is 228 g/mol. The molecule has 1 amide bonds. The van der Waals surface area contributed by atoms with Crippen LogP contribution in [0, 0.1) is 0 Å². The molecule has 0 fully saturated rings. The Balaban J connectivity index is 2.33. The van der Waals surface area contributed by atoms with E-state index >= 15 is 0 Å². The van der Waals surface area contributed by atoms with Crippen molar-refractivity contribution in [2.24, 2.45) is 5.73 Å². The SMILES string of the molecule is NC(=O)c1cc(-c2ccccc2)n2nccc2n1. The van der Waals surface area contributed by atoms with E-state index in [0.717, 1.165) is 11.3 Å². The fourth-order valence-electron chi connectivity index (χ4n) is 1.85. The third-order valence-electron chi connectivity index (χ3n) is 2.68. The minimum Gasteiger partial charge on any atom is -0.364 e. The number of rotatable bonds is 2.